The van der Waals surface area contributed by atoms with Crippen LogP contribution in [0.2, 0.25) is 0 Å². The third-order valence-electron chi connectivity index (χ3n) is 2.88. The van der Waals surface area contributed by atoms with E-state index in [0.717, 1.165) is 24.4 Å². The summed E-state index contributed by atoms with van der Waals surface area (Å²) in [7, 11) is 0. The Morgan fingerprint density at radius 3 is 3.12 bits per heavy atom. The van der Waals surface area contributed by atoms with Crippen LogP contribution in [-0.2, 0) is 6.42 Å². The first-order valence-electron chi connectivity index (χ1n) is 5.51. The molecule has 0 amide bonds. The number of allylic oxidation sites excluding steroid dienone is 1. The average Bonchev–Trinajstić information content (AvgIpc) is 2.66. The number of hydrogen-bond donors (Lipinski definition) is 0. The van der Waals surface area contributed by atoms with Crippen LogP contribution in [-0.4, -0.2) is 14.5 Å². The molecule has 0 aromatic carbocycles. The number of rotatable bonds is 1. The van der Waals surface area contributed by atoms with Gasteiger partial charge in [0.2, 0.25) is 0 Å². The van der Waals surface area contributed by atoms with Crippen LogP contribution in [0.3, 0.4) is 0 Å². The molecule has 0 saturated carbocycles. The molecule has 1 aliphatic rings. The number of aryl methyl sites for hydroxylation is 2. The van der Waals surface area contributed by atoms with Crippen LogP contribution in [0.5, 0.6) is 0 Å². The van der Waals surface area contributed by atoms with E-state index in [4.69, 9.17) is 0 Å². The molecule has 0 radical (unpaired) electrons. The van der Waals surface area contributed by atoms with Gasteiger partial charge in [0.05, 0.1) is 23.3 Å². The zero-order valence-corrected chi connectivity index (χ0v) is 9.22. The van der Waals surface area contributed by atoms with Crippen molar-refractivity contribution in [2.75, 3.05) is 0 Å². The average molecular weight is 211 g/mol. The van der Waals surface area contributed by atoms with Crippen LogP contribution in [0.1, 0.15) is 23.6 Å². The highest BCUT2D eigenvalue weighted by Crippen LogP contribution is 2.23. The Bertz CT molecular complexity index is 538. The Balaban J connectivity index is 2.22. The summed E-state index contributed by atoms with van der Waals surface area (Å²) in [6, 6.07) is 4.01. The zero-order chi connectivity index (χ0) is 11.0. The van der Waals surface area contributed by atoms with Crippen molar-refractivity contribution in [3.8, 4) is 5.69 Å². The van der Waals surface area contributed by atoms with Gasteiger partial charge in [0.1, 0.15) is 5.82 Å². The zero-order valence-electron chi connectivity index (χ0n) is 9.22. The first kappa shape index (κ1) is 9.33. The molecule has 0 aliphatic heterocycles. The number of hydrogen-bond acceptors (Lipinski definition) is 2. The summed E-state index contributed by atoms with van der Waals surface area (Å²) >= 11 is 0. The summed E-state index contributed by atoms with van der Waals surface area (Å²) < 4.78 is 2.16. The maximum absolute atomic E-state index is 4.61. The van der Waals surface area contributed by atoms with Gasteiger partial charge >= 0.3 is 0 Å². The molecule has 16 heavy (non-hydrogen) atoms. The number of nitrogens with zero attached hydrogens (tertiary/aromatic N) is 3. The minimum atomic E-state index is 1.03. The summed E-state index contributed by atoms with van der Waals surface area (Å²) in [4.78, 5) is 8.77. The van der Waals surface area contributed by atoms with E-state index in [1.165, 1.54) is 11.4 Å². The Hall–Kier alpha value is -1.90. The number of imidazole rings is 1. The monoisotopic (exact) mass is 211 g/mol. The molecule has 2 aromatic rings. The van der Waals surface area contributed by atoms with Crippen LogP contribution in [0.15, 0.2) is 30.6 Å². The molecule has 0 saturated heterocycles. The highest BCUT2D eigenvalue weighted by Gasteiger charge is 2.15. The van der Waals surface area contributed by atoms with Gasteiger partial charge in [-0.1, -0.05) is 6.08 Å². The molecule has 80 valence electrons. The molecular formula is C13H13N3. The highest BCUT2D eigenvalue weighted by atomic mass is 15.1. The fourth-order valence-corrected chi connectivity index (χ4v) is 2.19. The Morgan fingerprint density at radius 2 is 2.31 bits per heavy atom. The molecule has 0 N–H and O–H groups in total. The van der Waals surface area contributed by atoms with Gasteiger partial charge in [-0.05, 0) is 38.0 Å². The normalized spacial score (nSPS) is 13.8. The summed E-state index contributed by atoms with van der Waals surface area (Å²) in [6.07, 6.45) is 10.2. The van der Waals surface area contributed by atoms with Crippen LogP contribution >= 0.6 is 0 Å². The molecular weight excluding hydrogens is 198 g/mol. The second kappa shape index (κ2) is 3.59. The number of aromatic nitrogens is 3. The van der Waals surface area contributed by atoms with Crippen LogP contribution in [0.25, 0.3) is 11.8 Å². The predicted octanol–water partition coefficient (Wildman–Crippen LogP) is 2.54. The van der Waals surface area contributed by atoms with Crippen molar-refractivity contribution >= 4 is 6.08 Å². The quantitative estimate of drug-likeness (QED) is 0.725. The topological polar surface area (TPSA) is 30.7 Å². The van der Waals surface area contributed by atoms with Crippen LogP contribution < -0.4 is 0 Å². The van der Waals surface area contributed by atoms with Crippen LogP contribution in [0, 0.1) is 6.92 Å². The van der Waals surface area contributed by atoms with Gasteiger partial charge in [0, 0.05) is 6.20 Å². The largest absolute Gasteiger partial charge is 0.295 e. The minimum Gasteiger partial charge on any atom is -0.295 e. The van der Waals surface area contributed by atoms with Crippen molar-refractivity contribution in [2.24, 2.45) is 0 Å². The molecule has 0 bridgehead atoms. The van der Waals surface area contributed by atoms with E-state index in [9.17, 15) is 0 Å². The van der Waals surface area contributed by atoms with Crippen molar-refractivity contribution in [1.82, 2.24) is 14.5 Å². The smallest absolute Gasteiger partial charge is 0.110 e. The molecule has 2 heterocycles. The second-order valence-corrected chi connectivity index (χ2v) is 3.98. The van der Waals surface area contributed by atoms with Gasteiger partial charge < -0.3 is 0 Å². The van der Waals surface area contributed by atoms with Crippen molar-refractivity contribution in [3.05, 3.63) is 47.8 Å². The minimum absolute atomic E-state index is 1.03. The standard InChI is InChI=1S/C13H13N3/c1-10-15-12-6-2-3-7-13(12)16(10)11-5-4-8-14-9-11/h3-5,7-9H,2,6H2,1H3. The van der Waals surface area contributed by atoms with Crippen molar-refractivity contribution in [3.63, 3.8) is 0 Å². The third-order valence-corrected chi connectivity index (χ3v) is 2.88. The first-order chi connectivity index (χ1) is 7.86. The van der Waals surface area contributed by atoms with Crippen molar-refractivity contribution in [2.45, 2.75) is 19.8 Å². The predicted molar refractivity (Wildman–Crippen MR) is 63.5 cm³/mol. The van der Waals surface area contributed by atoms with E-state index in [1.54, 1.807) is 6.20 Å². The fourth-order valence-electron chi connectivity index (χ4n) is 2.19. The van der Waals surface area contributed by atoms with E-state index < -0.39 is 0 Å². The van der Waals surface area contributed by atoms with Gasteiger partial charge in [-0.2, -0.15) is 0 Å². The molecule has 1 aliphatic carbocycles. The molecule has 0 atom stereocenters. The fraction of sp³-hybridized carbons (Fsp3) is 0.231. The number of fused-ring (bicyclic) bond motifs is 1. The molecule has 3 heteroatoms. The van der Waals surface area contributed by atoms with E-state index >= 15 is 0 Å². The molecule has 2 aromatic heterocycles. The highest BCUT2D eigenvalue weighted by molar-refractivity contribution is 5.55. The van der Waals surface area contributed by atoms with Gasteiger partial charge in [-0.3, -0.25) is 9.55 Å². The molecule has 3 rings (SSSR count). The van der Waals surface area contributed by atoms with E-state index in [2.05, 4.69) is 32.8 Å². The Kier molecular flexibility index (Phi) is 2.10. The third kappa shape index (κ3) is 1.36. The summed E-state index contributed by atoms with van der Waals surface area (Å²) in [6.45, 7) is 2.04. The summed E-state index contributed by atoms with van der Waals surface area (Å²) in [5.41, 5.74) is 3.49. The lowest BCUT2D eigenvalue weighted by Gasteiger charge is -2.09. The lowest BCUT2D eigenvalue weighted by atomic mass is 10.1. The van der Waals surface area contributed by atoms with Crippen molar-refractivity contribution < 1.29 is 0 Å². The molecule has 0 spiro atoms. The van der Waals surface area contributed by atoms with E-state index in [-0.39, 0.29) is 0 Å². The van der Waals surface area contributed by atoms with Gasteiger partial charge in [-0.15, -0.1) is 0 Å². The van der Waals surface area contributed by atoms with E-state index in [1.807, 2.05) is 19.2 Å². The Labute approximate surface area is 94.5 Å². The maximum Gasteiger partial charge on any atom is 0.110 e. The Morgan fingerprint density at radius 1 is 1.38 bits per heavy atom. The first-order valence-corrected chi connectivity index (χ1v) is 5.51. The number of pyridine rings is 1. The summed E-state index contributed by atoms with van der Waals surface area (Å²) in [5.74, 6) is 1.03. The van der Waals surface area contributed by atoms with Crippen LogP contribution in [0.4, 0.5) is 0 Å². The SMILES string of the molecule is Cc1nc2c(n1-c1cccnc1)C=CCC2. The molecule has 0 fully saturated rings. The summed E-state index contributed by atoms with van der Waals surface area (Å²) in [5, 5.41) is 0. The molecule has 3 nitrogen and oxygen atoms in total. The van der Waals surface area contributed by atoms with Gasteiger partial charge in [0.15, 0.2) is 0 Å². The second-order valence-electron chi connectivity index (χ2n) is 3.98. The van der Waals surface area contributed by atoms with Gasteiger partial charge in [-0.25, -0.2) is 4.98 Å². The van der Waals surface area contributed by atoms with Crippen molar-refractivity contribution in [1.29, 1.82) is 0 Å². The van der Waals surface area contributed by atoms with Gasteiger partial charge in [0.25, 0.3) is 0 Å². The molecule has 0 unspecified atom stereocenters. The van der Waals surface area contributed by atoms with E-state index in [0.29, 0.717) is 0 Å². The lowest BCUT2D eigenvalue weighted by molar-refractivity contribution is 0.935. The maximum atomic E-state index is 4.61. The lowest BCUT2D eigenvalue weighted by Crippen LogP contribution is -2.01.